The fourth-order valence-electron chi connectivity index (χ4n) is 3.05. The summed E-state index contributed by atoms with van der Waals surface area (Å²) in [5, 5.41) is 6.99. The Kier molecular flexibility index (Phi) is 8.06. The van der Waals surface area contributed by atoms with Gasteiger partial charge in [0.1, 0.15) is 0 Å². The van der Waals surface area contributed by atoms with Gasteiger partial charge in [0.25, 0.3) is 0 Å². The SMILES string of the molecule is CCNC(=NCc1ccc(Br)cc1)NC1CCN(CC(C)C)CC1. The number of nitrogens with one attached hydrogen (secondary N) is 2. The Morgan fingerprint density at radius 2 is 1.92 bits per heavy atom. The minimum atomic E-state index is 0.524. The molecule has 0 unspecified atom stereocenters. The van der Waals surface area contributed by atoms with Crippen LogP contribution < -0.4 is 10.6 Å². The fourth-order valence-corrected chi connectivity index (χ4v) is 3.31. The Hall–Kier alpha value is -1.07. The smallest absolute Gasteiger partial charge is 0.191 e. The standard InChI is InChI=1S/C19H31BrN4/c1-4-21-19(22-13-16-5-7-17(20)8-6-16)23-18-9-11-24(12-10-18)14-15(2)3/h5-8,15,18H,4,9-14H2,1-3H3,(H2,21,22,23). The van der Waals surface area contributed by atoms with E-state index in [-0.39, 0.29) is 0 Å². The lowest BCUT2D eigenvalue weighted by molar-refractivity contribution is 0.187. The molecular formula is C19H31BrN4. The lowest BCUT2D eigenvalue weighted by Gasteiger charge is -2.34. The Morgan fingerprint density at radius 3 is 2.50 bits per heavy atom. The Balaban J connectivity index is 1.84. The number of hydrogen-bond acceptors (Lipinski definition) is 2. The first-order chi connectivity index (χ1) is 11.6. The fraction of sp³-hybridized carbons (Fsp3) is 0.632. The van der Waals surface area contributed by atoms with Crippen LogP contribution in [0.5, 0.6) is 0 Å². The maximum absolute atomic E-state index is 4.74. The van der Waals surface area contributed by atoms with Crippen molar-refractivity contribution in [1.82, 2.24) is 15.5 Å². The molecule has 1 heterocycles. The molecule has 1 aromatic carbocycles. The molecule has 1 aromatic rings. The summed E-state index contributed by atoms with van der Waals surface area (Å²) in [4.78, 5) is 7.32. The number of piperidine rings is 1. The second-order valence-electron chi connectivity index (χ2n) is 6.93. The first-order valence-corrected chi connectivity index (χ1v) is 9.87. The molecule has 4 nitrogen and oxygen atoms in total. The van der Waals surface area contributed by atoms with E-state index in [0.29, 0.717) is 12.6 Å². The van der Waals surface area contributed by atoms with Crippen molar-refractivity contribution >= 4 is 21.9 Å². The summed E-state index contributed by atoms with van der Waals surface area (Å²) in [5.74, 6) is 1.68. The van der Waals surface area contributed by atoms with Crippen LogP contribution in [0.15, 0.2) is 33.7 Å². The summed E-state index contributed by atoms with van der Waals surface area (Å²) in [6, 6.07) is 8.88. The van der Waals surface area contributed by atoms with Gasteiger partial charge in [-0.15, -0.1) is 0 Å². The number of hydrogen-bond donors (Lipinski definition) is 2. The zero-order valence-corrected chi connectivity index (χ0v) is 16.8. The van der Waals surface area contributed by atoms with Crippen molar-refractivity contribution in [2.75, 3.05) is 26.2 Å². The molecule has 1 saturated heterocycles. The van der Waals surface area contributed by atoms with Gasteiger partial charge in [0.05, 0.1) is 6.54 Å². The highest BCUT2D eigenvalue weighted by Gasteiger charge is 2.20. The van der Waals surface area contributed by atoms with E-state index in [1.807, 2.05) is 0 Å². The van der Waals surface area contributed by atoms with Crippen LogP contribution >= 0.6 is 15.9 Å². The number of aliphatic imine (C=N–C) groups is 1. The molecule has 2 rings (SSSR count). The van der Waals surface area contributed by atoms with E-state index in [0.717, 1.165) is 22.9 Å². The first-order valence-electron chi connectivity index (χ1n) is 9.08. The first kappa shape index (κ1) is 19.3. The Labute approximate surface area is 155 Å². The third kappa shape index (κ3) is 6.81. The zero-order valence-electron chi connectivity index (χ0n) is 15.2. The van der Waals surface area contributed by atoms with E-state index in [1.165, 1.54) is 38.0 Å². The normalized spacial score (nSPS) is 17.3. The summed E-state index contributed by atoms with van der Waals surface area (Å²) >= 11 is 3.47. The van der Waals surface area contributed by atoms with Gasteiger partial charge in [-0.3, -0.25) is 0 Å². The molecule has 5 heteroatoms. The van der Waals surface area contributed by atoms with E-state index in [4.69, 9.17) is 4.99 Å². The van der Waals surface area contributed by atoms with Gasteiger partial charge in [-0.25, -0.2) is 4.99 Å². The average molecular weight is 395 g/mol. The number of halogens is 1. The second-order valence-corrected chi connectivity index (χ2v) is 7.85. The van der Waals surface area contributed by atoms with Crippen molar-refractivity contribution in [2.24, 2.45) is 10.9 Å². The molecule has 0 bridgehead atoms. The van der Waals surface area contributed by atoms with Gasteiger partial charge in [-0.05, 0) is 43.4 Å². The third-order valence-electron chi connectivity index (χ3n) is 4.23. The molecule has 0 saturated carbocycles. The minimum absolute atomic E-state index is 0.524. The molecule has 0 amide bonds. The summed E-state index contributed by atoms with van der Waals surface area (Å²) < 4.78 is 1.11. The van der Waals surface area contributed by atoms with Gasteiger partial charge in [-0.1, -0.05) is 41.9 Å². The number of benzene rings is 1. The maximum Gasteiger partial charge on any atom is 0.191 e. The monoisotopic (exact) mass is 394 g/mol. The van der Waals surface area contributed by atoms with Crippen LogP contribution in [-0.2, 0) is 6.54 Å². The summed E-state index contributed by atoms with van der Waals surface area (Å²) in [6.45, 7) is 11.9. The van der Waals surface area contributed by atoms with E-state index < -0.39 is 0 Å². The van der Waals surface area contributed by atoms with Gasteiger partial charge in [0.15, 0.2) is 5.96 Å². The number of guanidine groups is 1. The van der Waals surface area contributed by atoms with Crippen LogP contribution in [-0.4, -0.2) is 43.1 Å². The molecule has 0 radical (unpaired) electrons. The average Bonchev–Trinajstić information content (AvgIpc) is 2.55. The highest BCUT2D eigenvalue weighted by atomic mass is 79.9. The Bertz CT molecular complexity index is 505. The largest absolute Gasteiger partial charge is 0.357 e. The van der Waals surface area contributed by atoms with E-state index in [9.17, 15) is 0 Å². The van der Waals surface area contributed by atoms with Gasteiger partial charge < -0.3 is 15.5 Å². The quantitative estimate of drug-likeness (QED) is 0.571. The summed E-state index contributed by atoms with van der Waals surface area (Å²) in [5.41, 5.74) is 1.22. The predicted octanol–water partition coefficient (Wildman–Crippen LogP) is 3.62. The predicted molar refractivity (Wildman–Crippen MR) is 106 cm³/mol. The van der Waals surface area contributed by atoms with Crippen LogP contribution in [0.2, 0.25) is 0 Å². The molecule has 0 atom stereocenters. The second kappa shape index (κ2) is 10.0. The number of nitrogens with zero attached hydrogens (tertiary/aromatic N) is 2. The Morgan fingerprint density at radius 1 is 1.25 bits per heavy atom. The molecule has 134 valence electrons. The molecule has 0 spiro atoms. The summed E-state index contributed by atoms with van der Waals surface area (Å²) in [6.07, 6.45) is 2.38. The van der Waals surface area contributed by atoms with Crippen molar-refractivity contribution in [3.63, 3.8) is 0 Å². The maximum atomic E-state index is 4.74. The third-order valence-corrected chi connectivity index (χ3v) is 4.76. The van der Waals surface area contributed by atoms with E-state index in [2.05, 4.69) is 76.5 Å². The van der Waals surface area contributed by atoms with Crippen molar-refractivity contribution < 1.29 is 0 Å². The van der Waals surface area contributed by atoms with Crippen LogP contribution in [0.25, 0.3) is 0 Å². The number of likely N-dealkylation sites (tertiary alicyclic amines) is 1. The molecule has 1 fully saturated rings. The van der Waals surface area contributed by atoms with E-state index in [1.54, 1.807) is 0 Å². The molecule has 1 aliphatic rings. The summed E-state index contributed by atoms with van der Waals surface area (Å²) in [7, 11) is 0. The lowest BCUT2D eigenvalue weighted by atomic mass is 10.0. The molecule has 0 aromatic heterocycles. The molecule has 2 N–H and O–H groups in total. The molecule has 24 heavy (non-hydrogen) atoms. The van der Waals surface area contributed by atoms with Crippen molar-refractivity contribution in [3.05, 3.63) is 34.3 Å². The molecular weight excluding hydrogens is 364 g/mol. The van der Waals surface area contributed by atoms with Crippen LogP contribution in [0.1, 0.15) is 39.2 Å². The van der Waals surface area contributed by atoms with Crippen LogP contribution in [0.3, 0.4) is 0 Å². The topological polar surface area (TPSA) is 39.7 Å². The highest BCUT2D eigenvalue weighted by molar-refractivity contribution is 9.10. The van der Waals surface area contributed by atoms with E-state index >= 15 is 0 Å². The molecule has 1 aliphatic heterocycles. The lowest BCUT2D eigenvalue weighted by Crippen LogP contribution is -2.49. The molecule has 0 aliphatic carbocycles. The number of rotatable bonds is 6. The minimum Gasteiger partial charge on any atom is -0.357 e. The van der Waals surface area contributed by atoms with Crippen LogP contribution in [0.4, 0.5) is 0 Å². The zero-order chi connectivity index (χ0) is 17.4. The van der Waals surface area contributed by atoms with Gasteiger partial charge >= 0.3 is 0 Å². The highest BCUT2D eigenvalue weighted by Crippen LogP contribution is 2.13. The van der Waals surface area contributed by atoms with Gasteiger partial charge in [0, 0.05) is 36.7 Å². The van der Waals surface area contributed by atoms with Crippen molar-refractivity contribution in [3.8, 4) is 0 Å². The van der Waals surface area contributed by atoms with Crippen molar-refractivity contribution in [2.45, 2.75) is 46.2 Å². The van der Waals surface area contributed by atoms with Gasteiger partial charge in [0.2, 0.25) is 0 Å². The van der Waals surface area contributed by atoms with Crippen molar-refractivity contribution in [1.29, 1.82) is 0 Å². The van der Waals surface area contributed by atoms with Gasteiger partial charge in [-0.2, -0.15) is 0 Å². The van der Waals surface area contributed by atoms with Crippen LogP contribution in [0, 0.1) is 5.92 Å².